The van der Waals surface area contributed by atoms with Crippen LogP contribution in [0.5, 0.6) is 0 Å². The average molecular weight is 247 g/mol. The number of amides is 1. The van der Waals surface area contributed by atoms with Gasteiger partial charge in [-0.1, -0.05) is 11.6 Å². The number of nitrogens with one attached hydrogen (secondary N) is 1. The van der Waals surface area contributed by atoms with Crippen LogP contribution in [0.15, 0.2) is 23.1 Å². The van der Waals surface area contributed by atoms with Gasteiger partial charge in [-0.25, -0.2) is 0 Å². The molecule has 0 radical (unpaired) electrons. The van der Waals surface area contributed by atoms with E-state index >= 15 is 0 Å². The molecule has 4 nitrogen and oxygen atoms in total. The second-order valence-corrected chi connectivity index (χ2v) is 4.06. The van der Waals surface area contributed by atoms with E-state index in [0.717, 1.165) is 0 Å². The fourth-order valence-electron chi connectivity index (χ4n) is 1.03. The third kappa shape index (κ3) is 3.02. The van der Waals surface area contributed by atoms with Gasteiger partial charge in [-0.3, -0.25) is 9.00 Å². The molecule has 0 bridgehead atoms. The Morgan fingerprint density at radius 1 is 1.60 bits per heavy atom. The van der Waals surface area contributed by atoms with Crippen LogP contribution in [0.4, 0.5) is 0 Å². The van der Waals surface area contributed by atoms with Crippen LogP contribution in [-0.4, -0.2) is 21.2 Å². The average Bonchev–Trinajstić information content (AvgIpc) is 2.18. The van der Waals surface area contributed by atoms with Crippen LogP contribution in [0.3, 0.4) is 0 Å². The van der Waals surface area contributed by atoms with E-state index in [2.05, 4.69) is 5.32 Å². The van der Waals surface area contributed by atoms with Gasteiger partial charge in [0.25, 0.3) is 5.91 Å². The summed E-state index contributed by atoms with van der Waals surface area (Å²) in [6, 6.07) is 4.11. The van der Waals surface area contributed by atoms with Crippen molar-refractivity contribution < 1.29 is 13.6 Å². The van der Waals surface area contributed by atoms with E-state index in [9.17, 15) is 13.6 Å². The quantitative estimate of drug-likeness (QED) is 0.818. The summed E-state index contributed by atoms with van der Waals surface area (Å²) in [5.74, 6) is -0.319. The lowest BCUT2D eigenvalue weighted by atomic mass is 10.2. The molecule has 82 valence electrons. The van der Waals surface area contributed by atoms with E-state index in [0.29, 0.717) is 6.54 Å². The molecule has 1 aromatic carbocycles. The summed E-state index contributed by atoms with van der Waals surface area (Å²) in [5, 5.41) is 2.67. The molecule has 0 spiro atoms. The van der Waals surface area contributed by atoms with Gasteiger partial charge in [-0.15, -0.1) is 0 Å². The summed E-state index contributed by atoms with van der Waals surface area (Å²) in [4.78, 5) is 11.3. The van der Waals surface area contributed by atoms with Crippen molar-refractivity contribution in [3.8, 4) is 0 Å². The lowest BCUT2D eigenvalue weighted by Gasteiger charge is -2.09. The molecule has 1 amide bonds. The van der Waals surface area contributed by atoms with Crippen molar-refractivity contribution in [1.29, 1.82) is 0 Å². The van der Waals surface area contributed by atoms with Crippen LogP contribution in [0.25, 0.3) is 0 Å². The molecule has 0 fully saturated rings. The molecule has 0 saturated carbocycles. The summed E-state index contributed by atoms with van der Waals surface area (Å²) in [5.41, 5.74) is 0.278. The van der Waals surface area contributed by atoms with Crippen molar-refractivity contribution in [3.63, 3.8) is 0 Å². The highest BCUT2D eigenvalue weighted by Gasteiger charge is 2.08. The van der Waals surface area contributed by atoms with Gasteiger partial charge >= 0.3 is 0 Å². The van der Waals surface area contributed by atoms with Gasteiger partial charge in [0, 0.05) is 17.0 Å². The Kier molecular flexibility index (Phi) is 4.26. The number of benzene rings is 1. The molecule has 6 heteroatoms. The van der Waals surface area contributed by atoms with E-state index in [-0.39, 0.29) is 21.4 Å². The Morgan fingerprint density at radius 3 is 2.80 bits per heavy atom. The molecular weight excluding hydrogens is 238 g/mol. The minimum Gasteiger partial charge on any atom is -0.768 e. The first kappa shape index (κ1) is 12.2. The zero-order valence-electron chi connectivity index (χ0n) is 7.95. The van der Waals surface area contributed by atoms with Crippen LogP contribution in [-0.2, 0) is 11.1 Å². The van der Waals surface area contributed by atoms with Crippen molar-refractivity contribution in [1.82, 2.24) is 5.32 Å². The predicted molar refractivity (Wildman–Crippen MR) is 56.6 cm³/mol. The van der Waals surface area contributed by atoms with E-state index in [1.807, 2.05) is 0 Å². The smallest absolute Gasteiger partial charge is 0.251 e. The number of hydrogen-bond acceptors (Lipinski definition) is 3. The van der Waals surface area contributed by atoms with Crippen molar-refractivity contribution in [2.24, 2.45) is 0 Å². The molecule has 15 heavy (non-hydrogen) atoms. The van der Waals surface area contributed by atoms with Gasteiger partial charge in [0.2, 0.25) is 0 Å². The molecule has 0 aromatic heterocycles. The second kappa shape index (κ2) is 5.25. The topological polar surface area (TPSA) is 69.2 Å². The largest absolute Gasteiger partial charge is 0.768 e. The highest BCUT2D eigenvalue weighted by molar-refractivity contribution is 7.79. The molecule has 1 aromatic rings. The Labute approximate surface area is 94.9 Å². The van der Waals surface area contributed by atoms with Crippen LogP contribution < -0.4 is 5.32 Å². The SMILES string of the molecule is CCNC(=O)c1ccc(Cl)c(S(=O)[O-])c1. The number of rotatable bonds is 3. The Hall–Kier alpha value is -0.910. The monoisotopic (exact) mass is 246 g/mol. The van der Waals surface area contributed by atoms with E-state index < -0.39 is 11.1 Å². The van der Waals surface area contributed by atoms with Crippen LogP contribution >= 0.6 is 11.6 Å². The summed E-state index contributed by atoms with van der Waals surface area (Å²) >= 11 is 3.21. The highest BCUT2D eigenvalue weighted by Crippen LogP contribution is 2.20. The number of carbonyl (C=O) groups is 1. The maximum Gasteiger partial charge on any atom is 0.251 e. The summed E-state index contributed by atoms with van der Waals surface area (Å²) in [6.07, 6.45) is 0. The van der Waals surface area contributed by atoms with Crippen molar-refractivity contribution in [2.75, 3.05) is 6.54 Å². The molecule has 0 aliphatic rings. The Bertz CT molecular complexity index is 408. The van der Waals surface area contributed by atoms with Gasteiger partial charge in [0.1, 0.15) is 0 Å². The summed E-state index contributed by atoms with van der Waals surface area (Å²) in [7, 11) is 0. The molecule has 1 N–H and O–H groups in total. The lowest BCUT2D eigenvalue weighted by Crippen LogP contribution is -2.22. The predicted octanol–water partition coefficient (Wildman–Crippen LogP) is 1.33. The summed E-state index contributed by atoms with van der Waals surface area (Å²) in [6.45, 7) is 2.26. The number of carbonyl (C=O) groups excluding carboxylic acids is 1. The molecule has 1 rings (SSSR count). The molecule has 0 heterocycles. The Balaban J connectivity index is 3.07. The minimum absolute atomic E-state index is 0.0691. The zero-order chi connectivity index (χ0) is 11.4. The first-order valence-corrected chi connectivity index (χ1v) is 5.68. The standard InChI is InChI=1S/C9H10ClNO3S/c1-2-11-9(12)6-3-4-7(10)8(5-6)15(13)14/h3-5H,2H2,1H3,(H,11,12)(H,13,14)/p-1. The van der Waals surface area contributed by atoms with Gasteiger partial charge in [-0.05, 0) is 36.2 Å². The van der Waals surface area contributed by atoms with Gasteiger partial charge < -0.3 is 9.87 Å². The van der Waals surface area contributed by atoms with E-state index in [1.165, 1.54) is 18.2 Å². The summed E-state index contributed by atoms with van der Waals surface area (Å²) < 4.78 is 21.5. The van der Waals surface area contributed by atoms with Crippen molar-refractivity contribution in [3.05, 3.63) is 28.8 Å². The molecule has 0 saturated heterocycles. The normalized spacial score (nSPS) is 12.2. The maximum atomic E-state index is 11.4. The fourth-order valence-corrected chi connectivity index (χ4v) is 1.79. The van der Waals surface area contributed by atoms with Crippen LogP contribution in [0.1, 0.15) is 17.3 Å². The lowest BCUT2D eigenvalue weighted by molar-refractivity contribution is 0.0955. The fraction of sp³-hybridized carbons (Fsp3) is 0.222. The molecular formula is C9H9ClNO3S-. The highest BCUT2D eigenvalue weighted by atomic mass is 35.5. The van der Waals surface area contributed by atoms with Gasteiger partial charge in [0.15, 0.2) is 0 Å². The molecule has 1 unspecified atom stereocenters. The number of halogens is 1. The maximum absolute atomic E-state index is 11.4. The second-order valence-electron chi connectivity index (χ2n) is 2.74. The minimum atomic E-state index is -2.43. The molecule has 1 atom stereocenters. The van der Waals surface area contributed by atoms with Crippen molar-refractivity contribution >= 4 is 28.6 Å². The Morgan fingerprint density at radius 2 is 2.27 bits per heavy atom. The third-order valence-corrected chi connectivity index (χ3v) is 2.85. The first-order valence-electron chi connectivity index (χ1n) is 4.23. The van der Waals surface area contributed by atoms with Crippen molar-refractivity contribution in [2.45, 2.75) is 11.8 Å². The number of hydrogen-bond donors (Lipinski definition) is 1. The van der Waals surface area contributed by atoms with E-state index in [4.69, 9.17) is 11.6 Å². The zero-order valence-corrected chi connectivity index (χ0v) is 9.52. The molecule has 0 aliphatic carbocycles. The third-order valence-electron chi connectivity index (χ3n) is 1.71. The van der Waals surface area contributed by atoms with Gasteiger partial charge in [0.05, 0.1) is 5.02 Å². The van der Waals surface area contributed by atoms with Gasteiger partial charge in [-0.2, -0.15) is 0 Å². The molecule has 0 aliphatic heterocycles. The first-order chi connectivity index (χ1) is 7.06. The van der Waals surface area contributed by atoms with Crippen LogP contribution in [0.2, 0.25) is 5.02 Å². The van der Waals surface area contributed by atoms with E-state index in [1.54, 1.807) is 6.92 Å². The van der Waals surface area contributed by atoms with Crippen LogP contribution in [0, 0.1) is 0 Å².